The maximum Gasteiger partial charge on any atom is 0.315 e. The lowest BCUT2D eigenvalue weighted by atomic mass is 10.0. The molecule has 0 radical (unpaired) electrons. The third-order valence-corrected chi connectivity index (χ3v) is 5.40. The fraction of sp³-hybridized carbons (Fsp3) is 0.409. The van der Waals surface area contributed by atoms with E-state index in [1.54, 1.807) is 14.2 Å². The SMILES string of the molecule is COc1ccc(CNC(=O)NC2CCN(Cc3ccc(Cl)cc3)CC2)cc1OC. The Morgan fingerprint density at radius 2 is 1.69 bits per heavy atom. The van der Waals surface area contributed by atoms with E-state index in [0.29, 0.717) is 18.0 Å². The van der Waals surface area contributed by atoms with Crippen LogP contribution in [0, 0.1) is 0 Å². The third-order valence-electron chi connectivity index (χ3n) is 5.14. The minimum Gasteiger partial charge on any atom is -0.493 e. The summed E-state index contributed by atoms with van der Waals surface area (Å²) in [4.78, 5) is 14.7. The van der Waals surface area contributed by atoms with E-state index in [9.17, 15) is 4.79 Å². The minimum absolute atomic E-state index is 0.143. The van der Waals surface area contributed by atoms with Gasteiger partial charge in [0.25, 0.3) is 0 Å². The lowest BCUT2D eigenvalue weighted by molar-refractivity contribution is 0.186. The van der Waals surface area contributed by atoms with Gasteiger partial charge in [-0.3, -0.25) is 4.90 Å². The number of nitrogens with one attached hydrogen (secondary N) is 2. The molecule has 1 saturated heterocycles. The second kappa shape index (κ2) is 10.4. The number of rotatable bonds is 7. The van der Waals surface area contributed by atoms with E-state index >= 15 is 0 Å². The number of urea groups is 1. The van der Waals surface area contributed by atoms with Gasteiger partial charge < -0.3 is 20.1 Å². The van der Waals surface area contributed by atoms with Crippen molar-refractivity contribution >= 4 is 17.6 Å². The molecule has 1 aliphatic rings. The molecule has 2 aromatic carbocycles. The van der Waals surface area contributed by atoms with Gasteiger partial charge in [0.15, 0.2) is 11.5 Å². The number of piperidine rings is 1. The minimum atomic E-state index is -0.143. The normalized spacial score (nSPS) is 15.0. The monoisotopic (exact) mass is 417 g/mol. The molecular formula is C22H28ClN3O3. The van der Waals surface area contributed by atoms with Crippen molar-refractivity contribution in [3.8, 4) is 11.5 Å². The number of carbonyl (C=O) groups excluding carboxylic acids is 1. The van der Waals surface area contributed by atoms with Gasteiger partial charge in [0.2, 0.25) is 0 Å². The Bertz CT molecular complexity index is 805. The van der Waals surface area contributed by atoms with Gasteiger partial charge in [-0.25, -0.2) is 4.79 Å². The summed E-state index contributed by atoms with van der Waals surface area (Å²) in [5.41, 5.74) is 2.21. The molecule has 1 fully saturated rings. The molecule has 2 aromatic rings. The Kier molecular flexibility index (Phi) is 7.61. The van der Waals surface area contributed by atoms with Gasteiger partial charge >= 0.3 is 6.03 Å². The number of amides is 2. The van der Waals surface area contributed by atoms with Crippen molar-refractivity contribution in [1.29, 1.82) is 0 Å². The first-order valence-electron chi connectivity index (χ1n) is 9.79. The predicted molar refractivity (Wildman–Crippen MR) is 115 cm³/mol. The first kappa shape index (κ1) is 21.3. The van der Waals surface area contributed by atoms with E-state index in [2.05, 4.69) is 27.7 Å². The van der Waals surface area contributed by atoms with Crippen LogP contribution < -0.4 is 20.1 Å². The molecule has 1 heterocycles. The van der Waals surface area contributed by atoms with Crippen molar-refractivity contribution in [2.24, 2.45) is 0 Å². The molecule has 0 bridgehead atoms. The third kappa shape index (κ3) is 6.27. The Hall–Kier alpha value is -2.44. The summed E-state index contributed by atoms with van der Waals surface area (Å²) < 4.78 is 10.5. The second-order valence-corrected chi connectivity index (χ2v) is 7.63. The highest BCUT2D eigenvalue weighted by Gasteiger charge is 2.20. The van der Waals surface area contributed by atoms with E-state index in [4.69, 9.17) is 21.1 Å². The van der Waals surface area contributed by atoms with Crippen molar-refractivity contribution in [1.82, 2.24) is 15.5 Å². The summed E-state index contributed by atoms with van der Waals surface area (Å²) in [6, 6.07) is 13.7. The van der Waals surface area contributed by atoms with Crippen LogP contribution in [0.5, 0.6) is 11.5 Å². The standard InChI is InChI=1S/C22H28ClN3O3/c1-28-20-8-5-17(13-21(20)29-2)14-24-22(27)25-19-9-11-26(12-10-19)15-16-3-6-18(23)7-4-16/h3-8,13,19H,9-12,14-15H2,1-2H3,(H2,24,25,27). The van der Waals surface area contributed by atoms with Crippen LogP contribution in [0.1, 0.15) is 24.0 Å². The average Bonchev–Trinajstić information content (AvgIpc) is 2.75. The molecule has 6 nitrogen and oxygen atoms in total. The van der Waals surface area contributed by atoms with E-state index in [-0.39, 0.29) is 12.1 Å². The van der Waals surface area contributed by atoms with Crippen LogP contribution in [0.25, 0.3) is 0 Å². The number of nitrogens with zero attached hydrogens (tertiary/aromatic N) is 1. The van der Waals surface area contributed by atoms with E-state index in [0.717, 1.165) is 43.1 Å². The van der Waals surface area contributed by atoms with Gasteiger partial charge in [0, 0.05) is 37.2 Å². The highest BCUT2D eigenvalue weighted by atomic mass is 35.5. The first-order chi connectivity index (χ1) is 14.1. The van der Waals surface area contributed by atoms with Crippen LogP contribution in [0.4, 0.5) is 4.79 Å². The molecule has 3 rings (SSSR count). The molecular weight excluding hydrogens is 390 g/mol. The lowest BCUT2D eigenvalue weighted by Gasteiger charge is -2.32. The summed E-state index contributed by atoms with van der Waals surface area (Å²) in [5.74, 6) is 1.33. The number of halogens is 1. The van der Waals surface area contributed by atoms with Crippen LogP contribution >= 0.6 is 11.6 Å². The molecule has 0 atom stereocenters. The first-order valence-corrected chi connectivity index (χ1v) is 10.2. The summed E-state index contributed by atoms with van der Waals surface area (Å²) >= 11 is 5.94. The van der Waals surface area contributed by atoms with E-state index < -0.39 is 0 Å². The zero-order valence-corrected chi connectivity index (χ0v) is 17.7. The zero-order valence-electron chi connectivity index (χ0n) is 16.9. The molecule has 0 unspecified atom stereocenters. The van der Waals surface area contributed by atoms with Crippen molar-refractivity contribution in [3.05, 3.63) is 58.6 Å². The lowest BCUT2D eigenvalue weighted by Crippen LogP contribution is -2.47. The molecule has 1 aliphatic heterocycles. The van der Waals surface area contributed by atoms with E-state index in [1.807, 2.05) is 30.3 Å². The second-order valence-electron chi connectivity index (χ2n) is 7.19. The Balaban J connectivity index is 1.40. The number of methoxy groups -OCH3 is 2. The van der Waals surface area contributed by atoms with E-state index in [1.165, 1.54) is 5.56 Å². The van der Waals surface area contributed by atoms with Gasteiger partial charge in [-0.2, -0.15) is 0 Å². The summed E-state index contributed by atoms with van der Waals surface area (Å²) in [5, 5.41) is 6.76. The number of hydrogen-bond donors (Lipinski definition) is 2. The molecule has 2 N–H and O–H groups in total. The average molecular weight is 418 g/mol. The van der Waals surface area contributed by atoms with Gasteiger partial charge in [0.1, 0.15) is 0 Å². The van der Waals surface area contributed by atoms with Crippen molar-refractivity contribution in [2.45, 2.75) is 32.0 Å². The van der Waals surface area contributed by atoms with Gasteiger partial charge in [0.05, 0.1) is 14.2 Å². The predicted octanol–water partition coefficient (Wildman–Crippen LogP) is 3.82. The van der Waals surface area contributed by atoms with Crippen molar-refractivity contribution in [3.63, 3.8) is 0 Å². The number of carbonyl (C=O) groups is 1. The quantitative estimate of drug-likeness (QED) is 0.718. The molecule has 156 valence electrons. The van der Waals surface area contributed by atoms with Crippen LogP contribution in [0.15, 0.2) is 42.5 Å². The Morgan fingerprint density at radius 1 is 1.03 bits per heavy atom. The van der Waals surface area contributed by atoms with Crippen molar-refractivity contribution in [2.75, 3.05) is 27.3 Å². The zero-order chi connectivity index (χ0) is 20.6. The highest BCUT2D eigenvalue weighted by molar-refractivity contribution is 6.30. The number of benzene rings is 2. The number of likely N-dealkylation sites (tertiary alicyclic amines) is 1. The van der Waals surface area contributed by atoms with Gasteiger partial charge in [-0.1, -0.05) is 29.8 Å². The fourth-order valence-electron chi connectivity index (χ4n) is 3.49. The molecule has 29 heavy (non-hydrogen) atoms. The van der Waals surface area contributed by atoms with Crippen LogP contribution in [0.3, 0.4) is 0 Å². The Labute approximate surface area is 177 Å². The number of ether oxygens (including phenoxy) is 2. The smallest absolute Gasteiger partial charge is 0.315 e. The molecule has 0 saturated carbocycles. The summed E-state index contributed by atoms with van der Waals surface area (Å²) in [7, 11) is 3.20. The molecule has 0 aromatic heterocycles. The molecule has 0 spiro atoms. The maximum atomic E-state index is 12.3. The molecule has 2 amide bonds. The topological polar surface area (TPSA) is 62.8 Å². The van der Waals surface area contributed by atoms with Gasteiger partial charge in [-0.15, -0.1) is 0 Å². The fourth-order valence-corrected chi connectivity index (χ4v) is 3.62. The summed E-state index contributed by atoms with van der Waals surface area (Å²) in [6.07, 6.45) is 1.88. The Morgan fingerprint density at radius 3 is 2.34 bits per heavy atom. The van der Waals surface area contributed by atoms with Crippen LogP contribution in [-0.4, -0.2) is 44.3 Å². The van der Waals surface area contributed by atoms with Crippen LogP contribution in [-0.2, 0) is 13.1 Å². The molecule has 0 aliphatic carbocycles. The van der Waals surface area contributed by atoms with Crippen molar-refractivity contribution < 1.29 is 14.3 Å². The number of hydrogen-bond acceptors (Lipinski definition) is 4. The molecule has 7 heteroatoms. The maximum absolute atomic E-state index is 12.3. The highest BCUT2D eigenvalue weighted by Crippen LogP contribution is 2.27. The van der Waals surface area contributed by atoms with Crippen LogP contribution in [0.2, 0.25) is 5.02 Å². The van der Waals surface area contributed by atoms with Gasteiger partial charge in [-0.05, 0) is 48.2 Å². The largest absolute Gasteiger partial charge is 0.493 e. The summed E-state index contributed by atoms with van der Waals surface area (Å²) in [6.45, 7) is 3.27.